The van der Waals surface area contributed by atoms with Crippen molar-refractivity contribution < 1.29 is 9.90 Å². The number of halogens is 1. The van der Waals surface area contributed by atoms with Crippen LogP contribution in [0, 0.1) is 0 Å². The molecule has 27 heavy (non-hydrogen) atoms. The summed E-state index contributed by atoms with van der Waals surface area (Å²) in [6.07, 6.45) is 6.35. The molecular formula is C20H25ClN4O2. The van der Waals surface area contributed by atoms with E-state index in [-0.39, 0.29) is 5.91 Å². The second kappa shape index (κ2) is 7.56. The number of aliphatic hydroxyl groups excluding tert-OH is 1. The van der Waals surface area contributed by atoms with Gasteiger partial charge in [-0.1, -0.05) is 24.3 Å². The van der Waals surface area contributed by atoms with Crippen molar-refractivity contribution in [3.63, 3.8) is 0 Å². The first-order chi connectivity index (χ1) is 12.8. The summed E-state index contributed by atoms with van der Waals surface area (Å²) >= 11 is 6.01. The topological polar surface area (TPSA) is 68.7 Å². The van der Waals surface area contributed by atoms with Gasteiger partial charge in [0.2, 0.25) is 0 Å². The number of carbonyl (C=O) groups is 1. The fourth-order valence-electron chi connectivity index (χ4n) is 3.74. The highest BCUT2D eigenvalue weighted by molar-refractivity contribution is 6.31. The molecule has 1 aromatic rings. The number of hydrogen-bond donors (Lipinski definition) is 2. The van der Waals surface area contributed by atoms with Crippen LogP contribution in [0.15, 0.2) is 53.4 Å². The Labute approximate surface area is 164 Å². The molecule has 2 saturated heterocycles. The average Bonchev–Trinajstić information content (AvgIpc) is 3.06. The maximum Gasteiger partial charge on any atom is 0.259 e. The molecular weight excluding hydrogens is 364 g/mol. The first-order valence-corrected chi connectivity index (χ1v) is 9.30. The Morgan fingerprint density at radius 3 is 2.85 bits per heavy atom. The van der Waals surface area contributed by atoms with Gasteiger partial charge in [0.25, 0.3) is 5.91 Å². The van der Waals surface area contributed by atoms with E-state index in [0.29, 0.717) is 22.8 Å². The Bertz CT molecular complexity index is 831. The summed E-state index contributed by atoms with van der Waals surface area (Å²) in [5.41, 5.74) is 2.50. The van der Waals surface area contributed by atoms with E-state index in [1.54, 1.807) is 29.4 Å². The van der Waals surface area contributed by atoms with E-state index in [1.165, 1.54) is 0 Å². The van der Waals surface area contributed by atoms with E-state index >= 15 is 0 Å². The third-order valence-electron chi connectivity index (χ3n) is 5.03. The quantitative estimate of drug-likeness (QED) is 0.776. The molecule has 2 aliphatic heterocycles. The monoisotopic (exact) mass is 388 g/mol. The van der Waals surface area contributed by atoms with Gasteiger partial charge in [0.15, 0.2) is 6.35 Å². The van der Waals surface area contributed by atoms with Crippen molar-refractivity contribution in [2.75, 3.05) is 18.0 Å². The lowest BCUT2D eigenvalue weighted by atomic mass is 9.91. The van der Waals surface area contributed by atoms with Crippen LogP contribution in [-0.4, -0.2) is 45.9 Å². The molecule has 0 aromatic carbocycles. The third-order valence-corrected chi connectivity index (χ3v) is 5.14. The lowest BCUT2D eigenvalue weighted by Gasteiger charge is -2.32. The molecule has 2 aliphatic rings. The summed E-state index contributed by atoms with van der Waals surface area (Å²) in [6, 6.07) is 1.95. The minimum absolute atomic E-state index is 0.0894. The molecule has 0 spiro atoms. The standard InChI is InChI=1S/C20H25ClN4O2/c1-5-16-17(8-13(2)21)20(3,4)25(18(16)26)15-9-14(10-22-11-15)12-24-7-6-23-19(24)27/h5,8-11,19,23,27H,2,6-7,12H2,1,3-4H3. The van der Waals surface area contributed by atoms with Crippen molar-refractivity contribution in [3.8, 4) is 0 Å². The first kappa shape index (κ1) is 19.8. The average molecular weight is 389 g/mol. The van der Waals surface area contributed by atoms with Gasteiger partial charge in [0, 0.05) is 36.4 Å². The van der Waals surface area contributed by atoms with Gasteiger partial charge in [-0.25, -0.2) is 0 Å². The van der Waals surface area contributed by atoms with Gasteiger partial charge in [-0.15, -0.1) is 0 Å². The highest BCUT2D eigenvalue weighted by Crippen LogP contribution is 2.42. The largest absolute Gasteiger partial charge is 0.365 e. The Morgan fingerprint density at radius 2 is 2.26 bits per heavy atom. The second-order valence-electron chi connectivity index (χ2n) is 7.26. The van der Waals surface area contributed by atoms with Crippen molar-refractivity contribution >= 4 is 23.2 Å². The zero-order valence-electron chi connectivity index (χ0n) is 15.9. The van der Waals surface area contributed by atoms with Gasteiger partial charge < -0.3 is 5.11 Å². The summed E-state index contributed by atoms with van der Waals surface area (Å²) in [6.45, 7) is 11.6. The molecule has 6 nitrogen and oxygen atoms in total. The van der Waals surface area contributed by atoms with Crippen molar-refractivity contribution in [2.45, 2.75) is 39.2 Å². The number of hydrogen-bond acceptors (Lipinski definition) is 5. The number of aromatic nitrogens is 1. The van der Waals surface area contributed by atoms with Crippen LogP contribution in [0.5, 0.6) is 0 Å². The molecule has 1 amide bonds. The van der Waals surface area contributed by atoms with Crippen LogP contribution >= 0.6 is 11.6 Å². The van der Waals surface area contributed by atoms with E-state index in [1.807, 2.05) is 31.7 Å². The highest BCUT2D eigenvalue weighted by Gasteiger charge is 2.46. The minimum Gasteiger partial charge on any atom is -0.365 e. The summed E-state index contributed by atoms with van der Waals surface area (Å²) in [5, 5.41) is 13.3. The molecule has 0 saturated carbocycles. The summed E-state index contributed by atoms with van der Waals surface area (Å²) in [4.78, 5) is 21.1. The van der Waals surface area contributed by atoms with Crippen LogP contribution in [0.3, 0.4) is 0 Å². The molecule has 0 bridgehead atoms. The number of allylic oxidation sites excluding steroid dienone is 3. The highest BCUT2D eigenvalue weighted by atomic mass is 35.5. The number of rotatable bonds is 4. The first-order valence-electron chi connectivity index (χ1n) is 8.93. The zero-order chi connectivity index (χ0) is 19.8. The molecule has 2 N–H and O–H groups in total. The molecule has 1 aromatic heterocycles. The number of nitrogens with one attached hydrogen (secondary N) is 1. The Kier molecular flexibility index (Phi) is 5.53. The molecule has 1 unspecified atom stereocenters. The Balaban J connectivity index is 1.97. The molecule has 0 aliphatic carbocycles. The van der Waals surface area contributed by atoms with Crippen LogP contribution in [0.4, 0.5) is 5.69 Å². The Hall–Kier alpha value is -1.99. The van der Waals surface area contributed by atoms with E-state index in [4.69, 9.17) is 11.6 Å². The van der Waals surface area contributed by atoms with Crippen LogP contribution < -0.4 is 10.2 Å². The van der Waals surface area contributed by atoms with Crippen LogP contribution in [0.2, 0.25) is 0 Å². The van der Waals surface area contributed by atoms with Crippen molar-refractivity contribution in [2.24, 2.45) is 0 Å². The van der Waals surface area contributed by atoms with E-state index in [0.717, 1.165) is 24.2 Å². The fourth-order valence-corrected chi connectivity index (χ4v) is 3.85. The molecule has 144 valence electrons. The maximum atomic E-state index is 13.1. The summed E-state index contributed by atoms with van der Waals surface area (Å²) < 4.78 is 0. The molecule has 2 fully saturated rings. The molecule has 0 radical (unpaired) electrons. The van der Waals surface area contributed by atoms with Crippen molar-refractivity contribution in [3.05, 3.63) is 58.9 Å². The molecule has 7 heteroatoms. The van der Waals surface area contributed by atoms with Crippen LogP contribution in [-0.2, 0) is 11.3 Å². The normalized spacial score (nSPS) is 25.7. The third kappa shape index (κ3) is 3.71. The van der Waals surface area contributed by atoms with Gasteiger partial charge in [0.05, 0.1) is 17.4 Å². The second-order valence-corrected chi connectivity index (χ2v) is 7.74. The number of pyridine rings is 1. The smallest absolute Gasteiger partial charge is 0.259 e. The van der Waals surface area contributed by atoms with Gasteiger partial charge in [-0.2, -0.15) is 0 Å². The maximum absolute atomic E-state index is 13.1. The Morgan fingerprint density at radius 1 is 1.52 bits per heavy atom. The van der Waals surface area contributed by atoms with Crippen LogP contribution in [0.25, 0.3) is 0 Å². The molecule has 1 atom stereocenters. The van der Waals surface area contributed by atoms with E-state index in [9.17, 15) is 9.90 Å². The van der Waals surface area contributed by atoms with Gasteiger partial charge >= 0.3 is 0 Å². The van der Waals surface area contributed by atoms with Gasteiger partial charge in [0.1, 0.15) is 0 Å². The number of carbonyl (C=O) groups excluding carboxylic acids is 1. The molecule has 3 heterocycles. The van der Waals surface area contributed by atoms with E-state index in [2.05, 4.69) is 16.9 Å². The van der Waals surface area contributed by atoms with Gasteiger partial charge in [-0.3, -0.25) is 24.9 Å². The number of anilines is 1. The lowest BCUT2D eigenvalue weighted by Crippen LogP contribution is -2.42. The van der Waals surface area contributed by atoms with Gasteiger partial charge in [-0.05, 0) is 44.1 Å². The van der Waals surface area contributed by atoms with Crippen LogP contribution in [0.1, 0.15) is 26.3 Å². The number of nitrogens with zero attached hydrogens (tertiary/aromatic N) is 3. The fraction of sp³-hybridized carbons (Fsp3) is 0.400. The van der Waals surface area contributed by atoms with Crippen molar-refractivity contribution in [1.29, 1.82) is 0 Å². The SMILES string of the molecule is C=C(Cl)C=C1C(=CC)C(=O)N(c2cncc(CN3CCNC3O)c2)C1(C)C. The predicted octanol–water partition coefficient (Wildman–Crippen LogP) is 2.51. The van der Waals surface area contributed by atoms with Crippen molar-refractivity contribution in [1.82, 2.24) is 15.2 Å². The zero-order valence-corrected chi connectivity index (χ0v) is 16.6. The summed E-state index contributed by atoms with van der Waals surface area (Å²) in [7, 11) is 0. The number of amides is 1. The minimum atomic E-state index is -0.655. The number of aliphatic hydroxyl groups is 1. The molecule has 3 rings (SSSR count). The predicted molar refractivity (Wildman–Crippen MR) is 107 cm³/mol. The van der Waals surface area contributed by atoms with E-state index < -0.39 is 11.9 Å². The summed E-state index contributed by atoms with van der Waals surface area (Å²) in [5.74, 6) is -0.0894. The lowest BCUT2D eigenvalue weighted by molar-refractivity contribution is -0.114.